The number of aliphatic hydroxyl groups is 1. The molecule has 0 aromatic rings. The molecule has 158 valence electrons. The Morgan fingerprint density at radius 3 is 2.36 bits per heavy atom. The van der Waals surface area contributed by atoms with Crippen LogP contribution in [0.4, 0.5) is 0 Å². The number of cyclic esters (lactones) is 1. The number of fused-ring (bicyclic) bond motifs is 7. The number of esters is 1. The van der Waals surface area contributed by atoms with Gasteiger partial charge in [0.2, 0.25) is 0 Å². The highest BCUT2D eigenvalue weighted by Gasteiger charge is 2.70. The molecule has 0 aromatic heterocycles. The van der Waals surface area contributed by atoms with Crippen LogP contribution in [0.15, 0.2) is 0 Å². The summed E-state index contributed by atoms with van der Waals surface area (Å²) >= 11 is 0. The maximum atomic E-state index is 12.3. The summed E-state index contributed by atoms with van der Waals surface area (Å²) in [5, 5.41) is 11.6. The highest BCUT2D eigenvalue weighted by atomic mass is 16.5. The highest BCUT2D eigenvalue weighted by molar-refractivity contribution is 5.75. The molecule has 1 N–H and O–H groups in total. The molecule has 1 heterocycles. The molecule has 0 aromatic carbocycles. The van der Waals surface area contributed by atoms with Gasteiger partial charge >= 0.3 is 5.97 Å². The number of carbonyl (C=O) groups excluding carboxylic acids is 1. The summed E-state index contributed by atoms with van der Waals surface area (Å²) in [5.74, 6) is 2.11. The first-order valence-electron chi connectivity index (χ1n) is 11.9. The van der Waals surface area contributed by atoms with E-state index in [0.717, 1.165) is 25.2 Å². The maximum absolute atomic E-state index is 12.3. The van der Waals surface area contributed by atoms with Crippen molar-refractivity contribution >= 4 is 5.97 Å². The van der Waals surface area contributed by atoms with Gasteiger partial charge < -0.3 is 9.84 Å². The minimum absolute atomic E-state index is 0.00569. The summed E-state index contributed by atoms with van der Waals surface area (Å²) in [6.45, 7) is 13.0. The fourth-order valence-electron chi connectivity index (χ4n) is 10.0. The third kappa shape index (κ3) is 2.18. The van der Waals surface area contributed by atoms with Crippen LogP contribution in [-0.4, -0.2) is 23.8 Å². The summed E-state index contributed by atoms with van der Waals surface area (Å²) in [4.78, 5) is 12.3. The number of rotatable bonds is 0. The van der Waals surface area contributed by atoms with Gasteiger partial charge in [0.25, 0.3) is 0 Å². The lowest BCUT2D eigenvalue weighted by atomic mass is 9.34. The molecule has 5 aliphatic rings. The van der Waals surface area contributed by atoms with Crippen molar-refractivity contribution in [1.29, 1.82) is 0 Å². The van der Waals surface area contributed by atoms with Crippen molar-refractivity contribution in [3.05, 3.63) is 0 Å². The van der Waals surface area contributed by atoms with E-state index in [-0.39, 0.29) is 34.7 Å². The van der Waals surface area contributed by atoms with Gasteiger partial charge in [-0.3, -0.25) is 4.79 Å². The van der Waals surface area contributed by atoms with Crippen LogP contribution in [0.1, 0.15) is 86.0 Å². The summed E-state index contributed by atoms with van der Waals surface area (Å²) in [6.07, 6.45) is 9.30. The lowest BCUT2D eigenvalue weighted by Crippen LogP contribution is -2.67. The Kier molecular flexibility index (Phi) is 4.00. The van der Waals surface area contributed by atoms with Crippen molar-refractivity contribution in [2.75, 3.05) is 6.61 Å². The van der Waals surface area contributed by atoms with Crippen molar-refractivity contribution in [2.45, 2.75) is 92.1 Å². The summed E-state index contributed by atoms with van der Waals surface area (Å²) in [5.41, 5.74) is 0.871. The quantitative estimate of drug-likeness (QED) is 0.580. The standard InChI is InChI=1S/C25H40O3/c1-22(2)10-6-11-23(3)17(22)9-12-24(4)18-8-7-15-16(14-28-21(15)27)25(18,5)20(26)13-19(23)24/h15-20,26H,6-14H2,1-5H3. The van der Waals surface area contributed by atoms with E-state index in [9.17, 15) is 9.90 Å². The fourth-order valence-corrected chi connectivity index (χ4v) is 10.0. The summed E-state index contributed by atoms with van der Waals surface area (Å²) < 4.78 is 5.51. The van der Waals surface area contributed by atoms with Crippen molar-refractivity contribution in [2.24, 2.45) is 51.2 Å². The first-order valence-corrected chi connectivity index (χ1v) is 11.9. The monoisotopic (exact) mass is 388 g/mol. The Balaban J connectivity index is 1.56. The van der Waals surface area contributed by atoms with E-state index < -0.39 is 0 Å². The third-order valence-corrected chi connectivity index (χ3v) is 11.3. The maximum Gasteiger partial charge on any atom is 0.309 e. The van der Waals surface area contributed by atoms with Gasteiger partial charge in [0.05, 0.1) is 18.6 Å². The van der Waals surface area contributed by atoms with E-state index in [1.165, 1.54) is 32.1 Å². The van der Waals surface area contributed by atoms with Crippen molar-refractivity contribution in [1.82, 2.24) is 0 Å². The molecule has 9 unspecified atom stereocenters. The number of hydrogen-bond acceptors (Lipinski definition) is 3. The molecule has 5 rings (SSSR count). The molecule has 0 bridgehead atoms. The van der Waals surface area contributed by atoms with Gasteiger partial charge in [-0.15, -0.1) is 0 Å². The van der Waals surface area contributed by atoms with Gasteiger partial charge in [-0.2, -0.15) is 0 Å². The Morgan fingerprint density at radius 2 is 1.61 bits per heavy atom. The Labute approximate surface area is 171 Å². The number of aliphatic hydroxyl groups excluding tert-OH is 1. The number of carbonyl (C=O) groups is 1. The van der Waals surface area contributed by atoms with Crippen molar-refractivity contribution in [3.63, 3.8) is 0 Å². The zero-order chi connectivity index (χ0) is 20.1. The first kappa shape index (κ1) is 19.4. The largest absolute Gasteiger partial charge is 0.465 e. The predicted octanol–water partition coefficient (Wildman–Crippen LogP) is 5.21. The highest BCUT2D eigenvalue weighted by Crippen LogP contribution is 2.73. The zero-order valence-corrected chi connectivity index (χ0v) is 18.6. The van der Waals surface area contributed by atoms with Gasteiger partial charge in [0.1, 0.15) is 0 Å². The average Bonchev–Trinajstić information content (AvgIpc) is 2.99. The van der Waals surface area contributed by atoms with Crippen LogP contribution >= 0.6 is 0 Å². The smallest absolute Gasteiger partial charge is 0.309 e. The van der Waals surface area contributed by atoms with Crippen molar-refractivity contribution < 1.29 is 14.6 Å². The van der Waals surface area contributed by atoms with E-state index in [1.807, 2.05) is 0 Å². The molecular formula is C25H40O3. The molecule has 5 fully saturated rings. The van der Waals surface area contributed by atoms with Crippen LogP contribution in [0.25, 0.3) is 0 Å². The van der Waals surface area contributed by atoms with E-state index in [0.29, 0.717) is 29.3 Å². The molecule has 0 amide bonds. The van der Waals surface area contributed by atoms with Crippen LogP contribution in [0.5, 0.6) is 0 Å². The van der Waals surface area contributed by atoms with Crippen LogP contribution < -0.4 is 0 Å². The second-order valence-corrected chi connectivity index (χ2v) is 12.6. The predicted molar refractivity (Wildman–Crippen MR) is 109 cm³/mol. The van der Waals surface area contributed by atoms with E-state index in [4.69, 9.17) is 4.74 Å². The molecule has 1 aliphatic heterocycles. The lowest BCUT2D eigenvalue weighted by molar-refractivity contribution is -0.247. The van der Waals surface area contributed by atoms with Crippen LogP contribution in [-0.2, 0) is 9.53 Å². The molecular weight excluding hydrogens is 348 g/mol. The van der Waals surface area contributed by atoms with Gasteiger partial charge in [-0.25, -0.2) is 0 Å². The van der Waals surface area contributed by atoms with Crippen LogP contribution in [0.2, 0.25) is 0 Å². The lowest BCUT2D eigenvalue weighted by Gasteiger charge is -2.71. The third-order valence-electron chi connectivity index (χ3n) is 11.3. The fraction of sp³-hybridized carbons (Fsp3) is 0.960. The zero-order valence-electron chi connectivity index (χ0n) is 18.6. The summed E-state index contributed by atoms with van der Waals surface area (Å²) in [6, 6.07) is 0. The van der Waals surface area contributed by atoms with E-state index in [2.05, 4.69) is 34.6 Å². The molecule has 4 saturated carbocycles. The minimum atomic E-state index is -0.307. The number of hydrogen-bond donors (Lipinski definition) is 1. The van der Waals surface area contributed by atoms with E-state index in [1.54, 1.807) is 0 Å². The van der Waals surface area contributed by atoms with Gasteiger partial charge in [0.15, 0.2) is 0 Å². The Morgan fingerprint density at radius 1 is 0.893 bits per heavy atom. The molecule has 4 aliphatic carbocycles. The van der Waals surface area contributed by atoms with Gasteiger partial charge in [-0.05, 0) is 78.9 Å². The second-order valence-electron chi connectivity index (χ2n) is 12.6. The second kappa shape index (κ2) is 5.77. The normalized spacial score (nSPS) is 57.4. The topological polar surface area (TPSA) is 46.5 Å². The van der Waals surface area contributed by atoms with E-state index >= 15 is 0 Å². The molecule has 0 spiro atoms. The minimum Gasteiger partial charge on any atom is -0.465 e. The summed E-state index contributed by atoms with van der Waals surface area (Å²) in [7, 11) is 0. The number of ether oxygens (including phenoxy) is 1. The molecule has 0 radical (unpaired) electrons. The van der Waals surface area contributed by atoms with Crippen LogP contribution in [0.3, 0.4) is 0 Å². The molecule has 28 heavy (non-hydrogen) atoms. The van der Waals surface area contributed by atoms with Gasteiger partial charge in [0, 0.05) is 11.3 Å². The van der Waals surface area contributed by atoms with Crippen LogP contribution in [0, 0.1) is 51.2 Å². The Hall–Kier alpha value is -0.570. The SMILES string of the molecule is CC1(C)CCCC2(C)C1CCC1(C)C2CC(O)C2(C)C3COC(=O)C3CCC12. The molecule has 1 saturated heterocycles. The average molecular weight is 389 g/mol. The molecule has 9 atom stereocenters. The van der Waals surface area contributed by atoms with Crippen molar-refractivity contribution in [3.8, 4) is 0 Å². The molecule has 3 heteroatoms. The first-order chi connectivity index (χ1) is 13.0. The molecule has 3 nitrogen and oxygen atoms in total. The Bertz CT molecular complexity index is 685. The van der Waals surface area contributed by atoms with Gasteiger partial charge in [-0.1, -0.05) is 41.0 Å².